The Hall–Kier alpha value is -0.630. The lowest BCUT2D eigenvalue weighted by Crippen LogP contribution is -2.30. The monoisotopic (exact) mass is 207 g/mol. The van der Waals surface area contributed by atoms with E-state index in [1.807, 2.05) is 0 Å². The zero-order valence-electron chi connectivity index (χ0n) is 6.93. The molecule has 1 aliphatic rings. The van der Waals surface area contributed by atoms with Crippen LogP contribution in [0.5, 0.6) is 0 Å². The maximum atomic E-state index is 11.3. The van der Waals surface area contributed by atoms with Gasteiger partial charge in [0.15, 0.2) is 0 Å². The van der Waals surface area contributed by atoms with Crippen LogP contribution in [0.3, 0.4) is 0 Å². The number of hydrogen-bond acceptors (Lipinski definition) is 6. The van der Waals surface area contributed by atoms with Gasteiger partial charge in [-0.3, -0.25) is 14.5 Å². The van der Waals surface area contributed by atoms with E-state index in [4.69, 9.17) is 5.26 Å². The van der Waals surface area contributed by atoms with Crippen molar-refractivity contribution < 1.29 is 24.2 Å². The van der Waals surface area contributed by atoms with E-state index >= 15 is 0 Å². The van der Waals surface area contributed by atoms with Crippen LogP contribution in [0.2, 0.25) is 0 Å². The molecule has 0 radical (unpaired) electrons. The molecule has 1 N–H and O–H groups in total. The molecule has 1 fully saturated rings. The standard InChI is InChI=1S/C6H9NO5S/c1-2-7-5(8)3-4(6(7)9)13-12-11-10/h4,10H,2-3H2,1H3. The van der Waals surface area contributed by atoms with Crippen molar-refractivity contribution in [2.24, 2.45) is 0 Å². The zero-order chi connectivity index (χ0) is 9.84. The number of carbonyl (C=O) groups excluding carboxylic acids is 2. The van der Waals surface area contributed by atoms with Crippen molar-refractivity contribution >= 4 is 23.9 Å². The Kier molecular flexibility index (Phi) is 3.67. The molecule has 0 aromatic heterocycles. The summed E-state index contributed by atoms with van der Waals surface area (Å²) in [7, 11) is 0. The average Bonchev–Trinajstić information content (AvgIpc) is 2.38. The van der Waals surface area contributed by atoms with Crippen molar-refractivity contribution in [1.29, 1.82) is 0 Å². The van der Waals surface area contributed by atoms with E-state index in [2.05, 4.69) is 9.37 Å². The normalized spacial score (nSPS) is 22.9. The molecule has 74 valence electrons. The molecule has 0 spiro atoms. The number of hydrogen-bond donors (Lipinski definition) is 1. The minimum atomic E-state index is -0.611. The van der Waals surface area contributed by atoms with Gasteiger partial charge in [0.05, 0.1) is 6.42 Å². The molecule has 0 aromatic rings. The van der Waals surface area contributed by atoms with E-state index in [1.54, 1.807) is 6.92 Å². The summed E-state index contributed by atoms with van der Waals surface area (Å²) in [5.74, 6) is -0.541. The Balaban J connectivity index is 2.52. The van der Waals surface area contributed by atoms with Gasteiger partial charge >= 0.3 is 0 Å². The lowest BCUT2D eigenvalue weighted by atomic mass is 10.4. The van der Waals surface area contributed by atoms with E-state index in [0.29, 0.717) is 18.6 Å². The summed E-state index contributed by atoms with van der Waals surface area (Å²) >= 11 is 0.631. The molecule has 1 heterocycles. The smallest absolute Gasteiger partial charge is 0.245 e. The molecule has 0 aliphatic carbocycles. The Morgan fingerprint density at radius 1 is 1.69 bits per heavy atom. The molecule has 2 amide bonds. The Morgan fingerprint density at radius 3 is 2.85 bits per heavy atom. The maximum absolute atomic E-state index is 11.3. The highest BCUT2D eigenvalue weighted by Gasteiger charge is 2.38. The minimum Gasteiger partial charge on any atom is -0.282 e. The van der Waals surface area contributed by atoms with Gasteiger partial charge in [-0.05, 0) is 6.92 Å². The SMILES string of the molecule is CCN1C(=O)CC(SOOO)C1=O. The van der Waals surface area contributed by atoms with Gasteiger partial charge in [0, 0.05) is 18.6 Å². The summed E-state index contributed by atoms with van der Waals surface area (Å²) in [6.45, 7) is 2.07. The number of nitrogens with zero attached hydrogens (tertiary/aromatic N) is 1. The predicted octanol–water partition coefficient (Wildman–Crippen LogP) is 0.203. The summed E-state index contributed by atoms with van der Waals surface area (Å²) < 4.78 is 4.10. The highest BCUT2D eigenvalue weighted by Crippen LogP contribution is 2.25. The second-order valence-corrected chi connectivity index (χ2v) is 3.31. The first kappa shape index (κ1) is 10.5. The molecule has 6 nitrogen and oxygen atoms in total. The third kappa shape index (κ3) is 2.19. The van der Waals surface area contributed by atoms with Crippen LogP contribution in [0.25, 0.3) is 0 Å². The van der Waals surface area contributed by atoms with Gasteiger partial charge < -0.3 is 0 Å². The third-order valence-electron chi connectivity index (χ3n) is 1.70. The number of imide groups is 1. The second kappa shape index (κ2) is 4.56. The lowest BCUT2D eigenvalue weighted by molar-refractivity contribution is -0.432. The van der Waals surface area contributed by atoms with Crippen molar-refractivity contribution in [2.45, 2.75) is 18.6 Å². The van der Waals surface area contributed by atoms with Gasteiger partial charge in [-0.1, -0.05) is 5.04 Å². The number of carbonyl (C=O) groups is 2. The highest BCUT2D eigenvalue weighted by atomic mass is 32.2. The second-order valence-electron chi connectivity index (χ2n) is 2.41. The molecule has 1 saturated heterocycles. The van der Waals surface area contributed by atoms with E-state index in [0.717, 1.165) is 4.90 Å². The number of likely N-dealkylation sites (tertiary alicyclic amines) is 1. The van der Waals surface area contributed by atoms with E-state index < -0.39 is 5.25 Å². The van der Waals surface area contributed by atoms with Crippen molar-refractivity contribution in [3.63, 3.8) is 0 Å². The van der Waals surface area contributed by atoms with Crippen LogP contribution in [0, 0.1) is 0 Å². The fourth-order valence-electron chi connectivity index (χ4n) is 1.13. The molecule has 0 bridgehead atoms. The first-order valence-electron chi connectivity index (χ1n) is 3.68. The molecule has 1 rings (SSSR count). The van der Waals surface area contributed by atoms with Crippen LogP contribution < -0.4 is 0 Å². The van der Waals surface area contributed by atoms with Gasteiger partial charge in [0.1, 0.15) is 5.25 Å². The molecule has 0 aromatic carbocycles. The van der Waals surface area contributed by atoms with Crippen LogP contribution in [-0.4, -0.2) is 33.8 Å². The fraction of sp³-hybridized carbons (Fsp3) is 0.667. The van der Waals surface area contributed by atoms with E-state index in [-0.39, 0.29) is 18.2 Å². The predicted molar refractivity (Wildman–Crippen MR) is 43.2 cm³/mol. The largest absolute Gasteiger partial charge is 0.282 e. The molecule has 13 heavy (non-hydrogen) atoms. The van der Waals surface area contributed by atoms with Gasteiger partial charge in [-0.2, -0.15) is 0 Å². The van der Waals surface area contributed by atoms with E-state index in [9.17, 15) is 9.59 Å². The third-order valence-corrected chi connectivity index (χ3v) is 2.44. The summed E-state index contributed by atoms with van der Waals surface area (Å²) in [6.07, 6.45) is 0.0840. The average molecular weight is 207 g/mol. The molecular formula is C6H9NO5S. The van der Waals surface area contributed by atoms with Crippen molar-refractivity contribution in [3.8, 4) is 0 Å². The molecular weight excluding hydrogens is 198 g/mol. The summed E-state index contributed by atoms with van der Waals surface area (Å²) in [5.41, 5.74) is 0. The van der Waals surface area contributed by atoms with Crippen LogP contribution in [0.4, 0.5) is 0 Å². The summed E-state index contributed by atoms with van der Waals surface area (Å²) in [6, 6.07) is 0. The van der Waals surface area contributed by atoms with Crippen LogP contribution in [0.1, 0.15) is 13.3 Å². The van der Waals surface area contributed by atoms with Gasteiger partial charge in [0.25, 0.3) is 0 Å². The topological polar surface area (TPSA) is 76.1 Å². The van der Waals surface area contributed by atoms with Crippen LogP contribution in [0.15, 0.2) is 0 Å². The molecule has 1 unspecified atom stereocenters. The highest BCUT2D eigenvalue weighted by molar-refractivity contribution is 7.96. The van der Waals surface area contributed by atoms with Crippen molar-refractivity contribution in [2.75, 3.05) is 6.54 Å². The quantitative estimate of drug-likeness (QED) is 0.307. The Morgan fingerprint density at radius 2 is 2.38 bits per heavy atom. The minimum absolute atomic E-state index is 0.0840. The number of amides is 2. The Labute approximate surface area is 78.9 Å². The van der Waals surface area contributed by atoms with Gasteiger partial charge in [-0.15, -0.1) is 4.33 Å². The van der Waals surface area contributed by atoms with Gasteiger partial charge in [0.2, 0.25) is 11.8 Å². The summed E-state index contributed by atoms with van der Waals surface area (Å²) in [5, 5.41) is 10.6. The van der Waals surface area contributed by atoms with Crippen LogP contribution >= 0.6 is 12.0 Å². The molecule has 1 atom stereocenters. The first-order chi connectivity index (χ1) is 6.20. The van der Waals surface area contributed by atoms with Crippen LogP contribution in [-0.2, 0) is 19.0 Å². The molecule has 7 heteroatoms. The Bertz CT molecular complexity index is 221. The summed E-state index contributed by atoms with van der Waals surface area (Å²) in [4.78, 5) is 23.6. The van der Waals surface area contributed by atoms with Crippen molar-refractivity contribution in [3.05, 3.63) is 0 Å². The van der Waals surface area contributed by atoms with E-state index in [1.165, 1.54) is 0 Å². The number of rotatable bonds is 4. The lowest BCUT2D eigenvalue weighted by Gasteiger charge is -2.10. The fourth-order valence-corrected chi connectivity index (χ4v) is 1.68. The van der Waals surface area contributed by atoms with Crippen molar-refractivity contribution in [1.82, 2.24) is 4.90 Å². The molecule has 1 aliphatic heterocycles. The zero-order valence-corrected chi connectivity index (χ0v) is 7.74. The maximum Gasteiger partial charge on any atom is 0.245 e. The molecule has 0 saturated carbocycles. The van der Waals surface area contributed by atoms with Gasteiger partial charge in [-0.25, -0.2) is 5.26 Å². The first-order valence-corrected chi connectivity index (χ1v) is 4.49.